The zero-order valence-corrected chi connectivity index (χ0v) is 12.4. The van der Waals surface area contributed by atoms with E-state index in [0.717, 1.165) is 26.3 Å². The molecule has 2 nitrogen and oxygen atoms in total. The highest BCUT2D eigenvalue weighted by molar-refractivity contribution is 7.19. The van der Waals surface area contributed by atoms with Crippen molar-refractivity contribution >= 4 is 21.4 Å². The van der Waals surface area contributed by atoms with Crippen molar-refractivity contribution in [3.05, 3.63) is 64.8 Å². The number of hydrogen-bond acceptors (Lipinski definition) is 3. The average Bonchev–Trinajstić information content (AvgIpc) is 2.90. The van der Waals surface area contributed by atoms with Crippen molar-refractivity contribution in [2.45, 2.75) is 13.0 Å². The zero-order valence-electron chi connectivity index (χ0n) is 11.5. The van der Waals surface area contributed by atoms with E-state index >= 15 is 0 Å². The lowest BCUT2D eigenvalue weighted by Gasteiger charge is -2.10. The molecule has 1 N–H and O–H groups in total. The number of aliphatic hydroxyl groups excluding tert-OH is 1. The molecule has 1 heterocycles. The molecule has 0 bridgehead atoms. The SMILES string of the molecule is CCOc1cccc(C(O)c2cc3ccc(F)cc3s2)c1. The van der Waals surface area contributed by atoms with Gasteiger partial charge in [0.25, 0.3) is 0 Å². The molecule has 0 fully saturated rings. The van der Waals surface area contributed by atoms with Gasteiger partial charge in [0.15, 0.2) is 0 Å². The molecule has 3 aromatic rings. The van der Waals surface area contributed by atoms with E-state index in [1.807, 2.05) is 37.3 Å². The summed E-state index contributed by atoms with van der Waals surface area (Å²) in [6.07, 6.45) is -0.731. The van der Waals surface area contributed by atoms with Crippen molar-refractivity contribution in [3.8, 4) is 5.75 Å². The van der Waals surface area contributed by atoms with Crippen molar-refractivity contribution in [1.29, 1.82) is 0 Å². The number of halogens is 1. The first-order valence-corrected chi connectivity index (χ1v) is 7.59. The van der Waals surface area contributed by atoms with Crippen LogP contribution in [0, 0.1) is 5.82 Å². The van der Waals surface area contributed by atoms with E-state index in [1.54, 1.807) is 6.07 Å². The summed E-state index contributed by atoms with van der Waals surface area (Å²) in [5, 5.41) is 11.5. The number of hydrogen-bond donors (Lipinski definition) is 1. The molecule has 21 heavy (non-hydrogen) atoms. The maximum absolute atomic E-state index is 13.2. The molecule has 0 radical (unpaired) electrons. The Morgan fingerprint density at radius 3 is 2.86 bits per heavy atom. The Morgan fingerprint density at radius 1 is 1.19 bits per heavy atom. The quantitative estimate of drug-likeness (QED) is 0.767. The van der Waals surface area contributed by atoms with E-state index in [1.165, 1.54) is 23.5 Å². The molecule has 3 rings (SSSR count). The van der Waals surface area contributed by atoms with Gasteiger partial charge in [-0.2, -0.15) is 0 Å². The van der Waals surface area contributed by atoms with Crippen molar-refractivity contribution in [1.82, 2.24) is 0 Å². The Balaban J connectivity index is 1.95. The smallest absolute Gasteiger partial charge is 0.124 e. The predicted octanol–water partition coefficient (Wildman–Crippen LogP) is 4.52. The summed E-state index contributed by atoms with van der Waals surface area (Å²) in [5.41, 5.74) is 0.771. The molecule has 0 saturated heterocycles. The number of ether oxygens (including phenoxy) is 1. The van der Waals surface area contributed by atoms with Gasteiger partial charge in [0, 0.05) is 9.58 Å². The molecule has 0 amide bonds. The van der Waals surface area contributed by atoms with E-state index in [-0.39, 0.29) is 5.82 Å². The summed E-state index contributed by atoms with van der Waals surface area (Å²) < 4.78 is 19.5. The minimum Gasteiger partial charge on any atom is -0.494 e. The maximum atomic E-state index is 13.2. The Kier molecular flexibility index (Phi) is 3.90. The monoisotopic (exact) mass is 302 g/mol. The highest BCUT2D eigenvalue weighted by Gasteiger charge is 2.14. The van der Waals surface area contributed by atoms with Crippen LogP contribution in [0.15, 0.2) is 48.5 Å². The van der Waals surface area contributed by atoms with Crippen LogP contribution in [0.25, 0.3) is 10.1 Å². The molecule has 0 spiro atoms. The fourth-order valence-electron chi connectivity index (χ4n) is 2.27. The largest absolute Gasteiger partial charge is 0.494 e. The van der Waals surface area contributed by atoms with Crippen LogP contribution in [0.4, 0.5) is 4.39 Å². The fourth-order valence-corrected chi connectivity index (χ4v) is 3.37. The van der Waals surface area contributed by atoms with Crippen LogP contribution >= 0.6 is 11.3 Å². The number of benzene rings is 2. The molecular weight excluding hydrogens is 287 g/mol. The van der Waals surface area contributed by atoms with E-state index in [9.17, 15) is 9.50 Å². The third-order valence-electron chi connectivity index (χ3n) is 3.26. The maximum Gasteiger partial charge on any atom is 0.124 e. The van der Waals surface area contributed by atoms with Gasteiger partial charge < -0.3 is 9.84 Å². The van der Waals surface area contributed by atoms with Gasteiger partial charge >= 0.3 is 0 Å². The standard InChI is InChI=1S/C17H15FO2S/c1-2-20-14-5-3-4-12(8-14)17(19)16-9-11-6-7-13(18)10-15(11)21-16/h3-10,17,19H,2H2,1H3. The van der Waals surface area contributed by atoms with Gasteiger partial charge in [0.05, 0.1) is 6.61 Å². The first-order chi connectivity index (χ1) is 10.2. The summed E-state index contributed by atoms with van der Waals surface area (Å²) in [7, 11) is 0. The number of rotatable bonds is 4. The summed E-state index contributed by atoms with van der Waals surface area (Å²) in [6, 6.07) is 14.0. The lowest BCUT2D eigenvalue weighted by Crippen LogP contribution is -1.98. The second-order valence-corrected chi connectivity index (χ2v) is 5.85. The first-order valence-electron chi connectivity index (χ1n) is 6.77. The van der Waals surface area contributed by atoms with Gasteiger partial charge in [0.2, 0.25) is 0 Å². The molecule has 0 aliphatic rings. The minimum absolute atomic E-state index is 0.260. The van der Waals surface area contributed by atoms with E-state index < -0.39 is 6.10 Å². The average molecular weight is 302 g/mol. The second kappa shape index (κ2) is 5.84. The van der Waals surface area contributed by atoms with Crippen LogP contribution in [0.2, 0.25) is 0 Å². The lowest BCUT2D eigenvalue weighted by atomic mass is 10.1. The predicted molar refractivity (Wildman–Crippen MR) is 83.5 cm³/mol. The van der Waals surface area contributed by atoms with E-state index in [2.05, 4.69) is 0 Å². The molecule has 1 atom stereocenters. The molecule has 0 aliphatic heterocycles. The Hall–Kier alpha value is -1.91. The van der Waals surface area contributed by atoms with E-state index in [4.69, 9.17) is 4.74 Å². The third kappa shape index (κ3) is 2.91. The third-order valence-corrected chi connectivity index (χ3v) is 4.41. The van der Waals surface area contributed by atoms with Crippen molar-refractivity contribution in [2.75, 3.05) is 6.61 Å². The van der Waals surface area contributed by atoms with Gasteiger partial charge in [-0.1, -0.05) is 18.2 Å². The summed E-state index contributed by atoms with van der Waals surface area (Å²) >= 11 is 1.40. The summed E-state index contributed by atoms with van der Waals surface area (Å²) in [5.74, 6) is 0.477. The highest BCUT2D eigenvalue weighted by atomic mass is 32.1. The van der Waals surface area contributed by atoms with Crippen LogP contribution in [0.5, 0.6) is 5.75 Å². The molecular formula is C17H15FO2S. The summed E-state index contributed by atoms with van der Waals surface area (Å²) in [6.45, 7) is 2.51. The van der Waals surface area contributed by atoms with Gasteiger partial charge in [0.1, 0.15) is 17.7 Å². The molecule has 1 unspecified atom stereocenters. The van der Waals surface area contributed by atoms with Crippen molar-refractivity contribution in [2.24, 2.45) is 0 Å². The van der Waals surface area contributed by atoms with Crippen molar-refractivity contribution in [3.63, 3.8) is 0 Å². The van der Waals surface area contributed by atoms with Gasteiger partial charge in [-0.3, -0.25) is 0 Å². The summed E-state index contributed by atoms with van der Waals surface area (Å²) in [4.78, 5) is 0.796. The topological polar surface area (TPSA) is 29.5 Å². The first kappa shape index (κ1) is 14.0. The van der Waals surface area contributed by atoms with Gasteiger partial charge in [-0.05, 0) is 48.2 Å². The van der Waals surface area contributed by atoms with Crippen LogP contribution in [0.3, 0.4) is 0 Å². The molecule has 108 valence electrons. The molecule has 0 aliphatic carbocycles. The van der Waals surface area contributed by atoms with Crippen LogP contribution in [0.1, 0.15) is 23.5 Å². The van der Waals surface area contributed by atoms with E-state index in [0.29, 0.717) is 6.61 Å². The van der Waals surface area contributed by atoms with Crippen LogP contribution < -0.4 is 4.74 Å². The Bertz CT molecular complexity index is 766. The zero-order chi connectivity index (χ0) is 14.8. The minimum atomic E-state index is -0.731. The fraction of sp³-hybridized carbons (Fsp3) is 0.176. The second-order valence-electron chi connectivity index (χ2n) is 4.74. The number of thiophene rings is 1. The van der Waals surface area contributed by atoms with Gasteiger partial charge in [-0.25, -0.2) is 4.39 Å². The highest BCUT2D eigenvalue weighted by Crippen LogP contribution is 2.34. The molecule has 2 aromatic carbocycles. The molecule has 4 heteroatoms. The Labute approximate surface area is 126 Å². The molecule has 0 saturated carbocycles. The van der Waals surface area contributed by atoms with Crippen molar-refractivity contribution < 1.29 is 14.2 Å². The Morgan fingerprint density at radius 2 is 2.05 bits per heavy atom. The normalized spacial score (nSPS) is 12.5. The lowest BCUT2D eigenvalue weighted by molar-refractivity contribution is 0.223. The molecule has 1 aromatic heterocycles. The van der Waals surface area contributed by atoms with Gasteiger partial charge in [-0.15, -0.1) is 11.3 Å². The number of fused-ring (bicyclic) bond motifs is 1. The van der Waals surface area contributed by atoms with Crippen LogP contribution in [-0.4, -0.2) is 11.7 Å². The number of aliphatic hydroxyl groups is 1. The van der Waals surface area contributed by atoms with Crippen LogP contribution in [-0.2, 0) is 0 Å².